The number of nitrogens with zero attached hydrogens (tertiary/aromatic N) is 2. The van der Waals surface area contributed by atoms with Crippen molar-refractivity contribution in [2.75, 3.05) is 6.61 Å². The molecule has 0 spiro atoms. The standard InChI is InChI=1S/C10H18N2O3/c1-7-9(3,4)12(14)10(5,11-7)6-15-8(2)13/h14H,6H2,1-5H3. The van der Waals surface area contributed by atoms with Crippen LogP contribution < -0.4 is 0 Å². The summed E-state index contributed by atoms with van der Waals surface area (Å²) < 4.78 is 4.89. The summed E-state index contributed by atoms with van der Waals surface area (Å²) in [5.74, 6) is -0.373. The maximum Gasteiger partial charge on any atom is 0.302 e. The second kappa shape index (κ2) is 3.57. The zero-order chi connectivity index (χ0) is 11.9. The van der Waals surface area contributed by atoms with Crippen LogP contribution in [0.2, 0.25) is 0 Å². The molecule has 0 aromatic rings. The van der Waals surface area contributed by atoms with E-state index >= 15 is 0 Å². The predicted molar refractivity (Wildman–Crippen MR) is 55.9 cm³/mol. The topological polar surface area (TPSA) is 62.1 Å². The van der Waals surface area contributed by atoms with E-state index in [1.54, 1.807) is 6.92 Å². The molecule has 86 valence electrons. The van der Waals surface area contributed by atoms with E-state index in [-0.39, 0.29) is 12.6 Å². The van der Waals surface area contributed by atoms with Crippen LogP contribution in [0.3, 0.4) is 0 Å². The Hall–Kier alpha value is -0.940. The highest BCUT2D eigenvalue weighted by Crippen LogP contribution is 2.33. The van der Waals surface area contributed by atoms with Crippen LogP contribution in [0.15, 0.2) is 4.99 Å². The van der Waals surface area contributed by atoms with Crippen LogP contribution in [0, 0.1) is 0 Å². The maximum absolute atomic E-state index is 10.7. The van der Waals surface area contributed by atoms with E-state index in [0.717, 1.165) is 10.8 Å². The van der Waals surface area contributed by atoms with E-state index < -0.39 is 11.2 Å². The molecule has 1 aliphatic rings. The monoisotopic (exact) mass is 214 g/mol. The van der Waals surface area contributed by atoms with Crippen molar-refractivity contribution in [1.82, 2.24) is 5.06 Å². The molecule has 0 aliphatic carbocycles. The molecule has 1 aliphatic heterocycles. The summed E-state index contributed by atoms with van der Waals surface area (Å²) in [5, 5.41) is 11.1. The van der Waals surface area contributed by atoms with Crippen molar-refractivity contribution in [2.24, 2.45) is 4.99 Å². The smallest absolute Gasteiger partial charge is 0.302 e. The molecule has 0 fully saturated rings. The molecule has 15 heavy (non-hydrogen) atoms. The first-order valence-electron chi connectivity index (χ1n) is 4.89. The van der Waals surface area contributed by atoms with Gasteiger partial charge in [-0.2, -0.15) is 5.06 Å². The van der Waals surface area contributed by atoms with Gasteiger partial charge in [0, 0.05) is 12.6 Å². The van der Waals surface area contributed by atoms with Crippen molar-refractivity contribution in [3.63, 3.8) is 0 Å². The number of hydrogen-bond donors (Lipinski definition) is 1. The molecule has 1 unspecified atom stereocenters. The van der Waals surface area contributed by atoms with E-state index in [9.17, 15) is 10.0 Å². The van der Waals surface area contributed by atoms with Crippen LogP contribution in [0.4, 0.5) is 0 Å². The molecule has 1 heterocycles. The SMILES string of the molecule is CC(=O)OCC1(C)N=C(C)C(C)(C)N1O. The third kappa shape index (κ3) is 2.03. The van der Waals surface area contributed by atoms with Crippen molar-refractivity contribution >= 4 is 11.7 Å². The molecule has 0 bridgehead atoms. The molecule has 0 aromatic carbocycles. The summed E-state index contributed by atoms with van der Waals surface area (Å²) in [6.45, 7) is 8.70. The lowest BCUT2D eigenvalue weighted by molar-refractivity contribution is -0.209. The molecule has 1 N–H and O–H groups in total. The summed E-state index contributed by atoms with van der Waals surface area (Å²) >= 11 is 0. The molecule has 0 saturated heterocycles. The third-order valence-corrected chi connectivity index (χ3v) is 2.83. The van der Waals surface area contributed by atoms with Crippen LogP contribution in [0.1, 0.15) is 34.6 Å². The number of rotatable bonds is 2. The minimum absolute atomic E-state index is 0.0552. The Bertz CT molecular complexity index is 312. The molecule has 1 atom stereocenters. The molecule has 5 nitrogen and oxygen atoms in total. The molecular weight excluding hydrogens is 196 g/mol. The fourth-order valence-corrected chi connectivity index (χ4v) is 1.63. The fourth-order valence-electron chi connectivity index (χ4n) is 1.63. The van der Waals surface area contributed by atoms with Gasteiger partial charge in [0.25, 0.3) is 0 Å². The first kappa shape index (κ1) is 12.1. The number of carbonyl (C=O) groups excluding carboxylic acids is 1. The van der Waals surface area contributed by atoms with Gasteiger partial charge in [0.15, 0.2) is 5.66 Å². The van der Waals surface area contributed by atoms with Crippen molar-refractivity contribution < 1.29 is 14.7 Å². The van der Waals surface area contributed by atoms with Crippen molar-refractivity contribution in [1.29, 1.82) is 0 Å². The number of carbonyl (C=O) groups is 1. The summed E-state index contributed by atoms with van der Waals surface area (Å²) in [6.07, 6.45) is 0. The highest BCUT2D eigenvalue weighted by Gasteiger charge is 2.48. The lowest BCUT2D eigenvalue weighted by atomic mass is 10.00. The van der Waals surface area contributed by atoms with Crippen LogP contribution in [0.25, 0.3) is 0 Å². The van der Waals surface area contributed by atoms with E-state index in [1.807, 2.05) is 20.8 Å². The van der Waals surface area contributed by atoms with E-state index in [0.29, 0.717) is 0 Å². The average molecular weight is 214 g/mol. The zero-order valence-corrected chi connectivity index (χ0v) is 9.87. The average Bonchev–Trinajstić information content (AvgIpc) is 2.26. The molecule has 0 amide bonds. The largest absolute Gasteiger partial charge is 0.462 e. The fraction of sp³-hybridized carbons (Fsp3) is 0.800. The lowest BCUT2D eigenvalue weighted by Crippen LogP contribution is -2.53. The van der Waals surface area contributed by atoms with Crippen LogP contribution in [-0.2, 0) is 9.53 Å². The zero-order valence-electron chi connectivity index (χ0n) is 9.87. The second-order valence-electron chi connectivity index (χ2n) is 4.57. The Morgan fingerprint density at radius 1 is 1.53 bits per heavy atom. The molecule has 5 heteroatoms. The minimum atomic E-state index is -0.876. The first-order chi connectivity index (χ1) is 6.70. The Morgan fingerprint density at radius 3 is 2.40 bits per heavy atom. The van der Waals surface area contributed by atoms with Crippen LogP contribution >= 0.6 is 0 Å². The lowest BCUT2D eigenvalue weighted by Gasteiger charge is -2.35. The van der Waals surface area contributed by atoms with Gasteiger partial charge in [-0.25, -0.2) is 0 Å². The van der Waals surface area contributed by atoms with Crippen LogP contribution in [-0.4, -0.2) is 39.8 Å². The number of hydrogen-bond acceptors (Lipinski definition) is 5. The van der Waals surface area contributed by atoms with E-state index in [2.05, 4.69) is 4.99 Å². The van der Waals surface area contributed by atoms with Gasteiger partial charge in [0.05, 0.1) is 5.54 Å². The van der Waals surface area contributed by atoms with Gasteiger partial charge in [0.1, 0.15) is 6.61 Å². The van der Waals surface area contributed by atoms with Gasteiger partial charge < -0.3 is 9.94 Å². The molecule has 0 saturated carbocycles. The first-order valence-corrected chi connectivity index (χ1v) is 4.89. The number of esters is 1. The van der Waals surface area contributed by atoms with Crippen molar-refractivity contribution in [3.8, 4) is 0 Å². The van der Waals surface area contributed by atoms with Crippen molar-refractivity contribution in [2.45, 2.75) is 45.8 Å². The third-order valence-electron chi connectivity index (χ3n) is 2.83. The van der Waals surface area contributed by atoms with Gasteiger partial charge in [-0.15, -0.1) is 0 Å². The summed E-state index contributed by atoms with van der Waals surface area (Å²) in [4.78, 5) is 15.1. The number of ether oxygens (including phenoxy) is 1. The molecule has 0 radical (unpaired) electrons. The molecular formula is C10H18N2O3. The Labute approximate surface area is 89.7 Å². The van der Waals surface area contributed by atoms with E-state index in [1.165, 1.54) is 6.92 Å². The van der Waals surface area contributed by atoms with Gasteiger partial charge in [-0.05, 0) is 27.7 Å². The predicted octanol–water partition coefficient (Wildman–Crippen LogP) is 1.21. The molecule has 0 aromatic heterocycles. The van der Waals surface area contributed by atoms with Crippen molar-refractivity contribution in [3.05, 3.63) is 0 Å². The second-order valence-corrected chi connectivity index (χ2v) is 4.57. The quantitative estimate of drug-likeness (QED) is 0.702. The summed E-state index contributed by atoms with van der Waals surface area (Å²) in [6, 6.07) is 0. The van der Waals surface area contributed by atoms with Gasteiger partial charge in [-0.1, -0.05) is 0 Å². The normalized spacial score (nSPS) is 30.1. The van der Waals surface area contributed by atoms with Gasteiger partial charge >= 0.3 is 5.97 Å². The summed E-state index contributed by atoms with van der Waals surface area (Å²) in [5.41, 5.74) is -0.576. The highest BCUT2D eigenvalue weighted by atomic mass is 16.6. The molecule has 1 rings (SSSR count). The number of aliphatic imine (C=N–C) groups is 1. The number of hydroxylamine groups is 2. The van der Waals surface area contributed by atoms with Gasteiger partial charge in [0.2, 0.25) is 0 Å². The highest BCUT2D eigenvalue weighted by molar-refractivity contribution is 5.92. The Kier molecular flexibility index (Phi) is 2.89. The van der Waals surface area contributed by atoms with E-state index in [4.69, 9.17) is 4.74 Å². The Balaban J connectivity index is 2.84. The summed E-state index contributed by atoms with van der Waals surface area (Å²) in [7, 11) is 0. The van der Waals surface area contributed by atoms with Gasteiger partial charge in [-0.3, -0.25) is 9.79 Å². The maximum atomic E-state index is 10.7. The minimum Gasteiger partial charge on any atom is -0.462 e. The van der Waals surface area contributed by atoms with Crippen LogP contribution in [0.5, 0.6) is 0 Å². The Morgan fingerprint density at radius 2 is 2.07 bits per heavy atom.